The van der Waals surface area contributed by atoms with Crippen molar-refractivity contribution >= 4 is 41.3 Å². The van der Waals surface area contributed by atoms with Crippen LogP contribution in [0.3, 0.4) is 0 Å². The minimum Gasteiger partial charge on any atom is -0.493 e. The molecule has 1 aliphatic heterocycles. The maximum absolute atomic E-state index is 5.49. The van der Waals surface area contributed by atoms with Crippen LogP contribution in [0.1, 0.15) is 17.4 Å². The topological polar surface area (TPSA) is 58.6 Å². The first kappa shape index (κ1) is 25.5. The van der Waals surface area contributed by atoms with E-state index in [1.165, 1.54) is 4.88 Å². The number of halogens is 1. The standard InChI is InChI=1S/C22H32N4O3S.HI/c1-5-23-22(24-15-18-7-6-12-30-18)26-10-8-25(9-11-26)16-17-13-19(27-2)21(29-4)20(14-17)28-3;/h6-7,12-14H,5,8-11,15-16H2,1-4H3,(H,23,24);1H. The van der Waals surface area contributed by atoms with E-state index in [2.05, 4.69) is 39.6 Å². The van der Waals surface area contributed by atoms with E-state index in [0.717, 1.165) is 57.3 Å². The van der Waals surface area contributed by atoms with Gasteiger partial charge in [-0.2, -0.15) is 0 Å². The number of rotatable bonds is 8. The van der Waals surface area contributed by atoms with Crippen molar-refractivity contribution in [3.05, 3.63) is 40.1 Å². The number of piperazine rings is 1. The summed E-state index contributed by atoms with van der Waals surface area (Å²) in [4.78, 5) is 10.9. The highest BCUT2D eigenvalue weighted by atomic mass is 127. The zero-order chi connectivity index (χ0) is 21.3. The Morgan fingerprint density at radius 3 is 2.26 bits per heavy atom. The minimum absolute atomic E-state index is 0. The van der Waals surface area contributed by atoms with E-state index in [1.54, 1.807) is 32.7 Å². The van der Waals surface area contributed by atoms with Gasteiger partial charge in [0.05, 0.1) is 27.9 Å². The lowest BCUT2D eigenvalue weighted by Crippen LogP contribution is -2.52. The van der Waals surface area contributed by atoms with Crippen molar-refractivity contribution in [2.75, 3.05) is 54.1 Å². The molecule has 3 rings (SSSR count). The van der Waals surface area contributed by atoms with Crippen LogP contribution in [0.15, 0.2) is 34.6 Å². The van der Waals surface area contributed by atoms with E-state index in [1.807, 2.05) is 12.1 Å². The summed E-state index contributed by atoms with van der Waals surface area (Å²) in [5.41, 5.74) is 1.15. The number of ether oxygens (including phenoxy) is 3. The molecule has 0 unspecified atom stereocenters. The average Bonchev–Trinajstić information content (AvgIpc) is 3.30. The number of nitrogens with zero attached hydrogens (tertiary/aromatic N) is 3. The Morgan fingerprint density at radius 1 is 1.06 bits per heavy atom. The number of aliphatic imine (C=N–C) groups is 1. The quantitative estimate of drug-likeness (QED) is 0.302. The van der Waals surface area contributed by atoms with Gasteiger partial charge in [-0.05, 0) is 36.1 Å². The lowest BCUT2D eigenvalue weighted by molar-refractivity contribution is 0.172. The number of methoxy groups -OCH3 is 3. The van der Waals surface area contributed by atoms with Crippen molar-refractivity contribution in [3.63, 3.8) is 0 Å². The Bertz CT molecular complexity index is 799. The molecule has 0 amide bonds. The lowest BCUT2D eigenvalue weighted by Gasteiger charge is -2.36. The number of guanidine groups is 1. The molecular weight excluding hydrogens is 527 g/mol. The van der Waals surface area contributed by atoms with Gasteiger partial charge in [-0.3, -0.25) is 4.90 Å². The van der Waals surface area contributed by atoms with Crippen molar-refractivity contribution in [1.82, 2.24) is 15.1 Å². The van der Waals surface area contributed by atoms with Gasteiger partial charge in [-0.25, -0.2) is 4.99 Å². The molecule has 1 aliphatic rings. The fourth-order valence-corrected chi connectivity index (χ4v) is 4.21. The first-order valence-electron chi connectivity index (χ1n) is 10.2. The van der Waals surface area contributed by atoms with Gasteiger partial charge in [0.2, 0.25) is 5.75 Å². The van der Waals surface area contributed by atoms with E-state index in [0.29, 0.717) is 17.2 Å². The Hall–Kier alpha value is -1.72. The second kappa shape index (κ2) is 13.0. The van der Waals surface area contributed by atoms with Crippen molar-refractivity contribution in [2.45, 2.75) is 20.0 Å². The second-order valence-corrected chi connectivity index (χ2v) is 8.08. The number of thiophene rings is 1. The number of benzene rings is 1. The van der Waals surface area contributed by atoms with Crippen LogP contribution < -0.4 is 19.5 Å². The highest BCUT2D eigenvalue weighted by Crippen LogP contribution is 2.38. The van der Waals surface area contributed by atoms with Gasteiger partial charge >= 0.3 is 0 Å². The Labute approximate surface area is 206 Å². The van der Waals surface area contributed by atoms with Crippen LogP contribution in [-0.4, -0.2) is 69.8 Å². The maximum atomic E-state index is 5.49. The summed E-state index contributed by atoms with van der Waals surface area (Å²) in [7, 11) is 4.93. The maximum Gasteiger partial charge on any atom is 0.203 e. The summed E-state index contributed by atoms with van der Waals surface area (Å²) >= 11 is 1.75. The zero-order valence-corrected chi connectivity index (χ0v) is 21.9. The molecule has 1 aromatic heterocycles. The molecule has 1 fully saturated rings. The third kappa shape index (κ3) is 6.88. The van der Waals surface area contributed by atoms with E-state index >= 15 is 0 Å². The highest BCUT2D eigenvalue weighted by Gasteiger charge is 2.21. The van der Waals surface area contributed by atoms with Crippen LogP contribution in [0.2, 0.25) is 0 Å². The molecular formula is C22H33IN4O3S. The lowest BCUT2D eigenvalue weighted by atomic mass is 10.1. The first-order chi connectivity index (χ1) is 14.7. The van der Waals surface area contributed by atoms with Crippen LogP contribution >= 0.6 is 35.3 Å². The molecule has 0 spiro atoms. The smallest absolute Gasteiger partial charge is 0.203 e. The zero-order valence-electron chi connectivity index (χ0n) is 18.7. The van der Waals surface area contributed by atoms with E-state index in [9.17, 15) is 0 Å². The van der Waals surface area contributed by atoms with Crippen LogP contribution in [0.25, 0.3) is 0 Å². The minimum atomic E-state index is 0. The monoisotopic (exact) mass is 560 g/mol. The molecule has 0 radical (unpaired) electrons. The SMILES string of the molecule is CCNC(=NCc1cccs1)N1CCN(Cc2cc(OC)c(OC)c(OC)c2)CC1.I. The normalized spacial score (nSPS) is 14.7. The fraction of sp³-hybridized carbons (Fsp3) is 0.500. The number of hydrogen-bond acceptors (Lipinski definition) is 6. The average molecular weight is 561 g/mol. The van der Waals surface area contributed by atoms with E-state index in [4.69, 9.17) is 19.2 Å². The van der Waals surface area contributed by atoms with Gasteiger partial charge in [0.25, 0.3) is 0 Å². The van der Waals surface area contributed by atoms with Gasteiger partial charge in [-0.1, -0.05) is 6.07 Å². The summed E-state index contributed by atoms with van der Waals surface area (Å²) < 4.78 is 16.4. The first-order valence-corrected chi connectivity index (χ1v) is 11.1. The van der Waals surface area contributed by atoms with Crippen molar-refractivity contribution in [1.29, 1.82) is 0 Å². The van der Waals surface area contributed by atoms with Gasteiger partial charge in [0.15, 0.2) is 17.5 Å². The molecule has 7 nitrogen and oxygen atoms in total. The van der Waals surface area contributed by atoms with E-state index < -0.39 is 0 Å². The Kier molecular flexibility index (Phi) is 10.7. The fourth-order valence-electron chi connectivity index (χ4n) is 3.58. The molecule has 0 atom stereocenters. The molecule has 1 N–H and O–H groups in total. The van der Waals surface area contributed by atoms with E-state index in [-0.39, 0.29) is 24.0 Å². The summed E-state index contributed by atoms with van der Waals surface area (Å²) in [6.07, 6.45) is 0. The predicted octanol–water partition coefficient (Wildman–Crippen LogP) is 3.68. The molecule has 0 aliphatic carbocycles. The largest absolute Gasteiger partial charge is 0.493 e. The van der Waals surface area contributed by atoms with Crippen LogP contribution in [0.4, 0.5) is 0 Å². The van der Waals surface area contributed by atoms with Gasteiger partial charge < -0.3 is 24.4 Å². The third-order valence-corrected chi connectivity index (χ3v) is 5.96. The Morgan fingerprint density at radius 2 is 1.74 bits per heavy atom. The molecule has 1 saturated heterocycles. The number of nitrogens with one attached hydrogen (secondary N) is 1. The van der Waals surface area contributed by atoms with Crippen molar-refractivity contribution in [3.8, 4) is 17.2 Å². The van der Waals surface area contributed by atoms with Crippen molar-refractivity contribution < 1.29 is 14.2 Å². The summed E-state index contributed by atoms with van der Waals surface area (Å²) in [5, 5.41) is 5.53. The van der Waals surface area contributed by atoms with Gasteiger partial charge in [0.1, 0.15) is 0 Å². The second-order valence-electron chi connectivity index (χ2n) is 7.05. The van der Waals surface area contributed by atoms with Crippen LogP contribution in [0, 0.1) is 0 Å². The molecule has 0 bridgehead atoms. The van der Waals surface area contributed by atoms with Crippen LogP contribution in [0.5, 0.6) is 17.2 Å². The van der Waals surface area contributed by atoms with Crippen molar-refractivity contribution in [2.24, 2.45) is 4.99 Å². The molecule has 172 valence electrons. The molecule has 31 heavy (non-hydrogen) atoms. The molecule has 9 heteroatoms. The molecule has 0 saturated carbocycles. The Balaban J connectivity index is 0.00000341. The summed E-state index contributed by atoms with van der Waals surface area (Å²) in [6.45, 7) is 8.39. The third-order valence-electron chi connectivity index (χ3n) is 5.10. The molecule has 2 aromatic rings. The predicted molar refractivity (Wildman–Crippen MR) is 137 cm³/mol. The van der Waals surface area contributed by atoms with Crippen LogP contribution in [-0.2, 0) is 13.1 Å². The molecule has 2 heterocycles. The number of hydrogen-bond donors (Lipinski definition) is 1. The summed E-state index contributed by atoms with van der Waals surface area (Å²) in [6, 6.07) is 8.26. The molecule has 1 aromatic carbocycles. The van der Waals surface area contributed by atoms with Gasteiger partial charge in [-0.15, -0.1) is 35.3 Å². The summed E-state index contributed by atoms with van der Waals surface area (Å²) in [5.74, 6) is 3.02. The van der Waals surface area contributed by atoms with Gasteiger partial charge in [0, 0.05) is 44.1 Å². The highest BCUT2D eigenvalue weighted by molar-refractivity contribution is 14.0.